The zero-order valence-electron chi connectivity index (χ0n) is 31.3. The lowest BCUT2D eigenvalue weighted by Gasteiger charge is -2.41. The molecule has 0 unspecified atom stereocenters. The Balaban J connectivity index is 1.26. The van der Waals surface area contributed by atoms with E-state index in [1.54, 1.807) is 0 Å². The highest BCUT2D eigenvalue weighted by Gasteiger charge is 2.44. The fourth-order valence-electron chi connectivity index (χ4n) is 9.83. The van der Waals surface area contributed by atoms with Gasteiger partial charge >= 0.3 is 6.85 Å². The second-order valence-corrected chi connectivity index (χ2v) is 16.6. The summed E-state index contributed by atoms with van der Waals surface area (Å²) in [7, 11) is 0. The van der Waals surface area contributed by atoms with E-state index in [1.807, 2.05) is 0 Å². The lowest BCUT2D eigenvalue weighted by Crippen LogP contribution is -2.56. The fourth-order valence-corrected chi connectivity index (χ4v) is 9.83. The highest BCUT2D eigenvalue weighted by molar-refractivity contribution is 6.90. The van der Waals surface area contributed by atoms with Crippen LogP contribution in [0.5, 0.6) is 0 Å². The summed E-state index contributed by atoms with van der Waals surface area (Å²) in [4.78, 5) is 2.51. The van der Waals surface area contributed by atoms with Crippen LogP contribution in [0.4, 0.5) is 17.1 Å². The third-order valence-corrected chi connectivity index (χ3v) is 12.3. The number of hydrogen-bond donors (Lipinski definition) is 0. The van der Waals surface area contributed by atoms with E-state index in [9.17, 15) is 0 Å². The number of para-hydroxylation sites is 2. The Hall–Kier alpha value is -6.52. The van der Waals surface area contributed by atoms with Crippen molar-refractivity contribution in [2.75, 3.05) is 4.90 Å². The van der Waals surface area contributed by atoms with Crippen LogP contribution in [0.25, 0.3) is 76.8 Å². The molecule has 55 heavy (non-hydrogen) atoms. The van der Waals surface area contributed by atoms with Crippen LogP contribution in [-0.2, 0) is 5.41 Å². The second kappa shape index (κ2) is 10.8. The van der Waals surface area contributed by atoms with Crippen LogP contribution in [0.1, 0.15) is 31.9 Å². The largest absolute Gasteiger partial charge is 0.454 e. The maximum absolute atomic E-state index is 6.80. The van der Waals surface area contributed by atoms with Gasteiger partial charge in [0.1, 0.15) is 5.58 Å². The summed E-state index contributed by atoms with van der Waals surface area (Å²) in [6.07, 6.45) is 0. The van der Waals surface area contributed by atoms with E-state index < -0.39 is 0 Å². The number of benzene rings is 8. The summed E-state index contributed by atoms with van der Waals surface area (Å²) in [5, 5.41) is 7.50. The molecule has 0 spiro atoms. The molecule has 2 aliphatic rings. The van der Waals surface area contributed by atoms with Crippen LogP contribution in [0.3, 0.4) is 0 Å². The molecular formula is C51H37BN2O. The van der Waals surface area contributed by atoms with Crippen LogP contribution < -0.4 is 15.8 Å². The van der Waals surface area contributed by atoms with Crippen molar-refractivity contribution in [1.82, 2.24) is 4.48 Å². The van der Waals surface area contributed by atoms with Crippen molar-refractivity contribution < 1.29 is 4.42 Å². The Labute approximate surface area is 320 Å². The van der Waals surface area contributed by atoms with Crippen LogP contribution >= 0.6 is 0 Å². The monoisotopic (exact) mass is 704 g/mol. The molecule has 0 fully saturated rings. The summed E-state index contributed by atoms with van der Waals surface area (Å²) in [6, 6.07) is 56.3. The zero-order valence-corrected chi connectivity index (χ0v) is 31.3. The summed E-state index contributed by atoms with van der Waals surface area (Å²) in [5.74, 6) is 0. The van der Waals surface area contributed by atoms with Gasteiger partial charge in [0.15, 0.2) is 5.58 Å². The van der Waals surface area contributed by atoms with E-state index in [4.69, 9.17) is 4.42 Å². The summed E-state index contributed by atoms with van der Waals surface area (Å²) in [6.45, 7) is 9.23. The smallest absolute Gasteiger partial charge is 0.333 e. The van der Waals surface area contributed by atoms with E-state index in [1.165, 1.54) is 88.3 Å². The van der Waals surface area contributed by atoms with Gasteiger partial charge in [-0.1, -0.05) is 130 Å². The van der Waals surface area contributed by atoms with Crippen molar-refractivity contribution >= 4 is 89.4 Å². The lowest BCUT2D eigenvalue weighted by atomic mass is 9.45. The SMILES string of the molecule is Cc1cc2c3c(c1)N(c1cccc4c1oc1ccccc14)c1cc(-c4ccccc4)ccc1B3n1c3ccc4ccccc4c3c3cc(C(C)(C)C)cc-2c31. The average molecular weight is 705 g/mol. The number of aromatic nitrogens is 1. The Morgan fingerprint density at radius 2 is 1.35 bits per heavy atom. The molecule has 12 rings (SSSR count). The Morgan fingerprint density at radius 3 is 2.20 bits per heavy atom. The van der Waals surface area contributed by atoms with Crippen LogP contribution in [0.15, 0.2) is 156 Å². The van der Waals surface area contributed by atoms with Gasteiger partial charge in [-0.05, 0) is 104 Å². The molecule has 10 aromatic rings. The minimum absolute atomic E-state index is 0.0339. The van der Waals surface area contributed by atoms with Crippen LogP contribution in [0.2, 0.25) is 0 Å². The van der Waals surface area contributed by atoms with Crippen LogP contribution in [-0.4, -0.2) is 11.3 Å². The molecule has 2 aromatic heterocycles. The zero-order chi connectivity index (χ0) is 36.7. The van der Waals surface area contributed by atoms with Crippen molar-refractivity contribution in [2.24, 2.45) is 0 Å². The highest BCUT2D eigenvalue weighted by Crippen LogP contribution is 2.50. The van der Waals surface area contributed by atoms with Crippen molar-refractivity contribution in [3.63, 3.8) is 0 Å². The number of anilines is 3. The molecule has 0 saturated carbocycles. The van der Waals surface area contributed by atoms with Crippen molar-refractivity contribution in [1.29, 1.82) is 0 Å². The normalized spacial score (nSPS) is 13.4. The number of fused-ring (bicyclic) bond motifs is 12. The summed E-state index contributed by atoms with van der Waals surface area (Å²) >= 11 is 0. The van der Waals surface area contributed by atoms with E-state index >= 15 is 0 Å². The van der Waals surface area contributed by atoms with Crippen LogP contribution in [0, 0.1) is 6.92 Å². The van der Waals surface area contributed by atoms with Gasteiger partial charge in [-0.3, -0.25) is 0 Å². The van der Waals surface area contributed by atoms with Crippen molar-refractivity contribution in [3.8, 4) is 22.3 Å². The molecule has 2 aliphatic heterocycles. The third kappa shape index (κ3) is 4.17. The van der Waals surface area contributed by atoms with Crippen molar-refractivity contribution in [3.05, 3.63) is 163 Å². The Bertz CT molecular complexity index is 3270. The molecular weight excluding hydrogens is 667 g/mol. The summed E-state index contributed by atoms with van der Waals surface area (Å²) < 4.78 is 9.49. The average Bonchev–Trinajstić information content (AvgIpc) is 3.76. The molecule has 0 aliphatic carbocycles. The minimum Gasteiger partial charge on any atom is -0.454 e. The molecule has 0 atom stereocenters. The van der Waals surface area contributed by atoms with Gasteiger partial charge in [-0.25, -0.2) is 0 Å². The van der Waals surface area contributed by atoms with Gasteiger partial charge in [-0.15, -0.1) is 0 Å². The minimum atomic E-state index is -0.0364. The topological polar surface area (TPSA) is 21.3 Å². The number of hydrogen-bond acceptors (Lipinski definition) is 2. The van der Waals surface area contributed by atoms with Gasteiger partial charge in [0.05, 0.1) is 5.69 Å². The first-order chi connectivity index (χ1) is 26.8. The number of nitrogens with zero attached hydrogens (tertiary/aromatic N) is 2. The highest BCUT2D eigenvalue weighted by atomic mass is 16.3. The first kappa shape index (κ1) is 30.9. The molecule has 4 heterocycles. The van der Waals surface area contributed by atoms with Crippen molar-refractivity contribution in [2.45, 2.75) is 33.1 Å². The van der Waals surface area contributed by atoms with Gasteiger partial charge < -0.3 is 13.8 Å². The first-order valence-corrected chi connectivity index (χ1v) is 19.4. The van der Waals surface area contributed by atoms with Gasteiger partial charge in [0, 0.05) is 49.5 Å². The van der Waals surface area contributed by atoms with E-state index in [2.05, 4.69) is 189 Å². The Morgan fingerprint density at radius 1 is 0.564 bits per heavy atom. The number of rotatable bonds is 2. The fraction of sp³-hybridized carbons (Fsp3) is 0.0980. The quantitative estimate of drug-likeness (QED) is 0.167. The molecule has 0 N–H and O–H groups in total. The lowest BCUT2D eigenvalue weighted by molar-refractivity contribution is 0.591. The molecule has 0 radical (unpaired) electrons. The third-order valence-electron chi connectivity index (χ3n) is 12.3. The van der Waals surface area contributed by atoms with Gasteiger partial charge in [0.2, 0.25) is 0 Å². The number of furan rings is 1. The molecule has 260 valence electrons. The van der Waals surface area contributed by atoms with Gasteiger partial charge in [-0.2, -0.15) is 0 Å². The molecule has 8 aromatic carbocycles. The Kier molecular flexibility index (Phi) is 6.07. The molecule has 0 amide bonds. The second-order valence-electron chi connectivity index (χ2n) is 16.6. The molecule has 0 saturated heterocycles. The molecule has 0 bridgehead atoms. The van der Waals surface area contributed by atoms with E-state index in [0.717, 1.165) is 27.6 Å². The summed E-state index contributed by atoms with van der Waals surface area (Å²) in [5.41, 5.74) is 18.0. The maximum Gasteiger partial charge on any atom is 0.333 e. The van der Waals surface area contributed by atoms with E-state index in [-0.39, 0.29) is 12.3 Å². The predicted octanol–water partition coefficient (Wildman–Crippen LogP) is 12.5. The molecule has 3 nitrogen and oxygen atoms in total. The van der Waals surface area contributed by atoms with Gasteiger partial charge in [0.25, 0.3) is 0 Å². The maximum atomic E-state index is 6.80. The first-order valence-electron chi connectivity index (χ1n) is 19.4. The number of aryl methyl sites for hydroxylation is 1. The predicted molar refractivity (Wildman–Crippen MR) is 234 cm³/mol. The van der Waals surface area contributed by atoms with E-state index in [0.29, 0.717) is 0 Å². The standard InChI is InChI=1S/C51H37BN2O/c1-30-25-38-39-28-34(51(2,3)4)29-40-47-35-16-9-8-15-32(35)22-24-42(47)54(49(39)40)52-41-23-21-33(31-13-6-5-7-14-31)27-44(41)53(45(26-30)48(38)52)43-19-12-18-37-36-17-10-11-20-46(36)55-50(37)43/h5-29H,1-4H3. The molecule has 4 heteroatoms.